The fraction of sp³-hybridized carbons (Fsp3) is 0.636. The van der Waals surface area contributed by atoms with Crippen LogP contribution in [0.2, 0.25) is 5.28 Å². The van der Waals surface area contributed by atoms with Crippen LogP contribution >= 0.6 is 11.6 Å². The Bertz CT molecular complexity index is 476. The summed E-state index contributed by atoms with van der Waals surface area (Å²) in [5.74, 6) is 0.910. The fourth-order valence-corrected chi connectivity index (χ4v) is 2.35. The van der Waals surface area contributed by atoms with Gasteiger partial charge in [0.2, 0.25) is 11.1 Å². The molecule has 0 atom stereocenters. The third-order valence-electron chi connectivity index (χ3n) is 3.31. The predicted octanol–water partition coefficient (Wildman–Crippen LogP) is 2.58. The van der Waals surface area contributed by atoms with Crippen molar-refractivity contribution in [3.8, 4) is 0 Å². The van der Waals surface area contributed by atoms with E-state index in [0.717, 1.165) is 6.54 Å². The fourth-order valence-electron chi connectivity index (χ4n) is 2.15. The van der Waals surface area contributed by atoms with Crippen molar-refractivity contribution in [2.45, 2.75) is 26.2 Å². The van der Waals surface area contributed by atoms with Crippen molar-refractivity contribution >= 4 is 23.1 Å². The van der Waals surface area contributed by atoms with E-state index in [0.29, 0.717) is 17.4 Å². The molecule has 0 bridgehead atoms. The second-order valence-electron chi connectivity index (χ2n) is 4.68. The van der Waals surface area contributed by atoms with Crippen molar-refractivity contribution in [3.63, 3.8) is 0 Å². The number of hydrogen-bond donors (Lipinski definition) is 0. The van der Waals surface area contributed by atoms with Gasteiger partial charge in [0.25, 0.3) is 0 Å². The van der Waals surface area contributed by atoms with Crippen molar-refractivity contribution in [1.82, 2.24) is 9.97 Å². The minimum atomic E-state index is -0.446. The Hall–Kier alpha value is -1.43. The van der Waals surface area contributed by atoms with E-state index < -0.39 is 4.92 Å². The van der Waals surface area contributed by atoms with Crippen LogP contribution in [0.15, 0.2) is 0 Å². The van der Waals surface area contributed by atoms with Gasteiger partial charge in [-0.25, -0.2) is 4.98 Å². The van der Waals surface area contributed by atoms with E-state index in [9.17, 15) is 10.1 Å². The number of anilines is 1. The summed E-state index contributed by atoms with van der Waals surface area (Å²) in [5.41, 5.74) is 0.247. The first-order valence-corrected chi connectivity index (χ1v) is 6.26. The Balaban J connectivity index is 2.31. The van der Waals surface area contributed by atoms with Gasteiger partial charge in [0.1, 0.15) is 5.69 Å². The van der Waals surface area contributed by atoms with Crippen molar-refractivity contribution in [3.05, 3.63) is 21.1 Å². The first kappa shape index (κ1) is 13.0. The van der Waals surface area contributed by atoms with E-state index in [4.69, 9.17) is 11.6 Å². The zero-order valence-electron chi connectivity index (χ0n) is 10.4. The molecule has 0 saturated heterocycles. The second-order valence-corrected chi connectivity index (χ2v) is 5.02. The molecule has 1 saturated carbocycles. The van der Waals surface area contributed by atoms with Gasteiger partial charge in [-0.15, -0.1) is 0 Å². The minimum Gasteiger partial charge on any atom is -0.354 e. The summed E-state index contributed by atoms with van der Waals surface area (Å²) in [6.07, 6.45) is 3.59. The molecule has 6 nitrogen and oxygen atoms in total. The van der Waals surface area contributed by atoms with Crippen LogP contribution in [-0.2, 0) is 0 Å². The van der Waals surface area contributed by atoms with Crippen LogP contribution in [-0.4, -0.2) is 28.5 Å². The molecule has 0 unspecified atom stereocenters. The number of aryl methyl sites for hydroxylation is 1. The van der Waals surface area contributed by atoms with E-state index in [1.165, 1.54) is 19.3 Å². The average Bonchev–Trinajstić information content (AvgIpc) is 2.21. The lowest BCUT2D eigenvalue weighted by Gasteiger charge is -2.30. The monoisotopic (exact) mass is 270 g/mol. The van der Waals surface area contributed by atoms with Gasteiger partial charge in [-0.3, -0.25) is 10.1 Å². The highest BCUT2D eigenvalue weighted by Gasteiger charge is 2.27. The molecular formula is C11H15ClN4O2. The lowest BCUT2D eigenvalue weighted by molar-refractivity contribution is -0.385. The summed E-state index contributed by atoms with van der Waals surface area (Å²) in [4.78, 5) is 20.3. The molecule has 0 N–H and O–H groups in total. The van der Waals surface area contributed by atoms with Gasteiger partial charge in [-0.2, -0.15) is 4.98 Å². The van der Waals surface area contributed by atoms with Gasteiger partial charge in [0.05, 0.1) is 4.92 Å². The Labute approximate surface area is 110 Å². The molecule has 1 heterocycles. The number of hydrogen-bond acceptors (Lipinski definition) is 5. The van der Waals surface area contributed by atoms with E-state index in [-0.39, 0.29) is 11.0 Å². The first-order valence-electron chi connectivity index (χ1n) is 5.88. The van der Waals surface area contributed by atoms with Crippen molar-refractivity contribution in [2.75, 3.05) is 18.5 Å². The normalized spacial score (nSPS) is 15.3. The van der Waals surface area contributed by atoms with Crippen LogP contribution in [0, 0.1) is 23.0 Å². The molecule has 0 amide bonds. The SMILES string of the molecule is Cc1nc(Cl)nc(N(C)CC2CCC2)c1[N+](=O)[O-]. The zero-order valence-corrected chi connectivity index (χ0v) is 11.1. The Morgan fingerprint density at radius 1 is 1.50 bits per heavy atom. The van der Waals surface area contributed by atoms with Crippen LogP contribution in [0.1, 0.15) is 25.0 Å². The maximum atomic E-state index is 11.1. The second kappa shape index (κ2) is 5.06. The van der Waals surface area contributed by atoms with Crippen LogP contribution in [0.3, 0.4) is 0 Å². The summed E-state index contributed by atoms with van der Waals surface area (Å²) >= 11 is 5.78. The molecule has 7 heteroatoms. The molecule has 0 radical (unpaired) electrons. The summed E-state index contributed by atoms with van der Waals surface area (Å²) in [7, 11) is 1.81. The van der Waals surface area contributed by atoms with Crippen LogP contribution in [0.5, 0.6) is 0 Å². The number of rotatable bonds is 4. The molecule has 1 aromatic heterocycles. The number of halogens is 1. The van der Waals surface area contributed by atoms with E-state index >= 15 is 0 Å². The maximum Gasteiger partial charge on any atom is 0.332 e. The molecule has 0 aliphatic heterocycles. The summed E-state index contributed by atoms with van der Waals surface area (Å²) < 4.78 is 0. The van der Waals surface area contributed by atoms with Gasteiger partial charge in [-0.05, 0) is 37.3 Å². The zero-order chi connectivity index (χ0) is 13.3. The van der Waals surface area contributed by atoms with E-state index in [1.54, 1.807) is 6.92 Å². The van der Waals surface area contributed by atoms with Gasteiger partial charge < -0.3 is 4.90 Å². The lowest BCUT2D eigenvalue weighted by atomic mass is 9.85. The van der Waals surface area contributed by atoms with Gasteiger partial charge >= 0.3 is 5.69 Å². The van der Waals surface area contributed by atoms with Gasteiger partial charge in [-0.1, -0.05) is 6.42 Å². The topological polar surface area (TPSA) is 72.2 Å². The standard InChI is InChI=1S/C11H15ClN4O2/c1-7-9(16(17)18)10(14-11(12)13-7)15(2)6-8-4-3-5-8/h8H,3-6H2,1-2H3. The lowest BCUT2D eigenvalue weighted by Crippen LogP contribution is -2.30. The molecule has 1 fully saturated rings. The van der Waals surface area contributed by atoms with Gasteiger partial charge in [0.15, 0.2) is 0 Å². The Morgan fingerprint density at radius 3 is 2.67 bits per heavy atom. The highest BCUT2D eigenvalue weighted by Crippen LogP contribution is 2.32. The third-order valence-corrected chi connectivity index (χ3v) is 3.48. The molecule has 1 aliphatic rings. The number of nitro groups is 1. The molecule has 0 aromatic carbocycles. The number of aromatic nitrogens is 2. The number of nitrogens with zero attached hydrogens (tertiary/aromatic N) is 4. The molecule has 0 spiro atoms. The summed E-state index contributed by atoms with van der Waals surface area (Å²) in [5, 5.41) is 11.1. The largest absolute Gasteiger partial charge is 0.354 e. The molecule has 2 rings (SSSR count). The third kappa shape index (κ3) is 2.53. The Morgan fingerprint density at radius 2 is 2.17 bits per heavy atom. The summed E-state index contributed by atoms with van der Waals surface area (Å²) in [6, 6.07) is 0. The highest BCUT2D eigenvalue weighted by molar-refractivity contribution is 6.28. The minimum absolute atomic E-state index is 0.0496. The van der Waals surface area contributed by atoms with Crippen molar-refractivity contribution < 1.29 is 4.92 Å². The molecule has 1 aliphatic carbocycles. The predicted molar refractivity (Wildman–Crippen MR) is 69.0 cm³/mol. The molecule has 98 valence electrons. The first-order chi connectivity index (χ1) is 8.49. The summed E-state index contributed by atoms with van der Waals surface area (Å²) in [6.45, 7) is 2.35. The smallest absolute Gasteiger partial charge is 0.332 e. The van der Waals surface area contributed by atoms with Crippen LogP contribution < -0.4 is 4.90 Å². The maximum absolute atomic E-state index is 11.1. The van der Waals surface area contributed by atoms with Crippen LogP contribution in [0.4, 0.5) is 11.5 Å². The van der Waals surface area contributed by atoms with Gasteiger partial charge in [0, 0.05) is 13.6 Å². The van der Waals surface area contributed by atoms with E-state index in [2.05, 4.69) is 9.97 Å². The van der Waals surface area contributed by atoms with Crippen molar-refractivity contribution in [2.24, 2.45) is 5.92 Å². The molecular weight excluding hydrogens is 256 g/mol. The molecule has 1 aromatic rings. The van der Waals surface area contributed by atoms with Crippen LogP contribution in [0.25, 0.3) is 0 Å². The molecule has 18 heavy (non-hydrogen) atoms. The van der Waals surface area contributed by atoms with E-state index in [1.807, 2.05) is 11.9 Å². The Kier molecular flexibility index (Phi) is 3.65. The average molecular weight is 271 g/mol. The quantitative estimate of drug-likeness (QED) is 0.478. The van der Waals surface area contributed by atoms with Crippen molar-refractivity contribution in [1.29, 1.82) is 0 Å². The highest BCUT2D eigenvalue weighted by atomic mass is 35.5.